The molecule has 2 N–H and O–H groups in total. The molecule has 2 aromatic rings. The van der Waals surface area contributed by atoms with Crippen LogP contribution in [0.4, 0.5) is 5.69 Å². The molecule has 1 fully saturated rings. The number of benzene rings is 1. The zero-order chi connectivity index (χ0) is 16.2. The maximum atomic E-state index is 11.4. The monoisotopic (exact) mass is 330 g/mol. The van der Waals surface area contributed by atoms with Crippen molar-refractivity contribution in [3.8, 4) is 0 Å². The summed E-state index contributed by atoms with van der Waals surface area (Å²) < 4.78 is 0. The number of amides is 1. The predicted molar refractivity (Wildman–Crippen MR) is 93.6 cm³/mol. The summed E-state index contributed by atoms with van der Waals surface area (Å²) in [4.78, 5) is 19.5. The molecule has 1 aromatic heterocycles. The van der Waals surface area contributed by atoms with Gasteiger partial charge in [0.25, 0.3) is 0 Å². The van der Waals surface area contributed by atoms with E-state index in [0.29, 0.717) is 6.54 Å². The molecule has 0 radical (unpaired) electrons. The fourth-order valence-corrected chi connectivity index (χ4v) is 3.53. The minimum absolute atomic E-state index is 0.111. The molecule has 1 saturated heterocycles. The van der Waals surface area contributed by atoms with Gasteiger partial charge < -0.3 is 10.6 Å². The topological polar surface area (TPSA) is 57.3 Å². The lowest BCUT2D eigenvalue weighted by Crippen LogP contribution is -2.47. The van der Waals surface area contributed by atoms with E-state index < -0.39 is 0 Å². The number of hydrogen-bond acceptors (Lipinski definition) is 5. The molecule has 1 aliphatic rings. The lowest BCUT2D eigenvalue weighted by Gasteiger charge is -2.26. The number of anilines is 1. The Morgan fingerprint density at radius 1 is 1.39 bits per heavy atom. The van der Waals surface area contributed by atoms with E-state index in [0.717, 1.165) is 42.6 Å². The first-order chi connectivity index (χ1) is 11.1. The number of aryl methyl sites for hydroxylation is 2. The second-order valence-corrected chi connectivity index (χ2v) is 7.15. The highest BCUT2D eigenvalue weighted by Gasteiger charge is 2.16. The standard InChI is InChI=1S/C17H22N4OS/c1-12-13(2)23-17(20-12)9-19-15-5-3-4-14(8-15)10-21-7-6-18-16(22)11-21/h3-5,8,19H,6-7,9-11H2,1-2H3,(H,18,22). The van der Waals surface area contributed by atoms with Gasteiger partial charge >= 0.3 is 0 Å². The number of nitrogens with one attached hydrogen (secondary N) is 2. The van der Waals surface area contributed by atoms with E-state index in [4.69, 9.17) is 0 Å². The van der Waals surface area contributed by atoms with Gasteiger partial charge in [-0.3, -0.25) is 9.69 Å². The molecule has 122 valence electrons. The van der Waals surface area contributed by atoms with Gasteiger partial charge in [-0.2, -0.15) is 0 Å². The molecule has 2 heterocycles. The molecular formula is C17H22N4OS. The van der Waals surface area contributed by atoms with Gasteiger partial charge in [0.05, 0.1) is 18.8 Å². The first-order valence-corrected chi connectivity index (χ1v) is 8.66. The first-order valence-electron chi connectivity index (χ1n) is 7.85. The molecular weight excluding hydrogens is 308 g/mol. The second-order valence-electron chi connectivity index (χ2n) is 5.86. The molecule has 0 atom stereocenters. The molecule has 1 amide bonds. The van der Waals surface area contributed by atoms with Crippen molar-refractivity contribution in [2.75, 3.05) is 25.0 Å². The van der Waals surface area contributed by atoms with Crippen LogP contribution in [-0.4, -0.2) is 35.4 Å². The Bertz CT molecular complexity index is 678. The van der Waals surface area contributed by atoms with Crippen LogP contribution in [0.3, 0.4) is 0 Å². The van der Waals surface area contributed by atoms with E-state index in [-0.39, 0.29) is 5.91 Å². The van der Waals surface area contributed by atoms with Crippen LogP contribution in [0.1, 0.15) is 21.1 Å². The smallest absolute Gasteiger partial charge is 0.234 e. The Balaban J connectivity index is 1.59. The maximum absolute atomic E-state index is 11.4. The van der Waals surface area contributed by atoms with Crippen molar-refractivity contribution in [1.82, 2.24) is 15.2 Å². The number of thiazole rings is 1. The lowest BCUT2D eigenvalue weighted by molar-refractivity contribution is -0.124. The highest BCUT2D eigenvalue weighted by atomic mass is 32.1. The molecule has 0 bridgehead atoms. The zero-order valence-electron chi connectivity index (χ0n) is 13.6. The first kappa shape index (κ1) is 16.0. The van der Waals surface area contributed by atoms with Crippen molar-refractivity contribution in [3.63, 3.8) is 0 Å². The van der Waals surface area contributed by atoms with Gasteiger partial charge in [-0.1, -0.05) is 12.1 Å². The SMILES string of the molecule is Cc1nc(CNc2cccc(CN3CCNC(=O)C3)c2)sc1C. The molecule has 3 rings (SSSR count). The summed E-state index contributed by atoms with van der Waals surface area (Å²) in [6.45, 7) is 7.82. The summed E-state index contributed by atoms with van der Waals surface area (Å²) in [5, 5.41) is 7.40. The van der Waals surface area contributed by atoms with Gasteiger partial charge in [0.2, 0.25) is 5.91 Å². The molecule has 1 aliphatic heterocycles. The van der Waals surface area contributed by atoms with Crippen molar-refractivity contribution >= 4 is 22.9 Å². The third kappa shape index (κ3) is 4.30. The van der Waals surface area contributed by atoms with Crippen molar-refractivity contribution in [3.05, 3.63) is 45.4 Å². The number of carbonyl (C=O) groups excluding carboxylic acids is 1. The van der Waals surface area contributed by atoms with E-state index in [2.05, 4.69) is 51.7 Å². The molecule has 6 heteroatoms. The van der Waals surface area contributed by atoms with Gasteiger partial charge in [-0.15, -0.1) is 11.3 Å². The summed E-state index contributed by atoms with van der Waals surface area (Å²) in [7, 11) is 0. The molecule has 0 spiro atoms. The lowest BCUT2D eigenvalue weighted by atomic mass is 10.1. The van der Waals surface area contributed by atoms with Gasteiger partial charge in [0.15, 0.2) is 0 Å². The minimum atomic E-state index is 0.111. The Morgan fingerprint density at radius 2 is 2.26 bits per heavy atom. The van der Waals surface area contributed by atoms with Crippen LogP contribution in [0.15, 0.2) is 24.3 Å². The van der Waals surface area contributed by atoms with E-state index >= 15 is 0 Å². The van der Waals surface area contributed by atoms with E-state index in [9.17, 15) is 4.79 Å². The summed E-state index contributed by atoms with van der Waals surface area (Å²) in [6.07, 6.45) is 0. The van der Waals surface area contributed by atoms with Gasteiger partial charge in [-0.05, 0) is 31.5 Å². The van der Waals surface area contributed by atoms with Gasteiger partial charge in [0, 0.05) is 30.2 Å². The highest BCUT2D eigenvalue weighted by Crippen LogP contribution is 2.19. The van der Waals surface area contributed by atoms with Gasteiger partial charge in [-0.25, -0.2) is 4.98 Å². The van der Waals surface area contributed by atoms with Gasteiger partial charge in [0.1, 0.15) is 5.01 Å². The highest BCUT2D eigenvalue weighted by molar-refractivity contribution is 7.11. The Morgan fingerprint density at radius 3 is 3.00 bits per heavy atom. The van der Waals surface area contributed by atoms with Crippen LogP contribution in [0.2, 0.25) is 0 Å². The molecule has 23 heavy (non-hydrogen) atoms. The van der Waals surface area contributed by atoms with Crippen LogP contribution in [0.5, 0.6) is 0 Å². The van der Waals surface area contributed by atoms with E-state index in [1.807, 2.05) is 6.92 Å². The number of piperazine rings is 1. The average Bonchev–Trinajstić information content (AvgIpc) is 2.84. The van der Waals surface area contributed by atoms with E-state index in [1.54, 1.807) is 11.3 Å². The van der Waals surface area contributed by atoms with Crippen LogP contribution in [-0.2, 0) is 17.9 Å². The van der Waals surface area contributed by atoms with Crippen molar-refractivity contribution in [2.24, 2.45) is 0 Å². The number of rotatable bonds is 5. The van der Waals surface area contributed by atoms with Crippen molar-refractivity contribution in [2.45, 2.75) is 26.9 Å². The fourth-order valence-electron chi connectivity index (χ4n) is 2.66. The Labute approximate surface area is 140 Å². The maximum Gasteiger partial charge on any atom is 0.234 e. The number of carbonyl (C=O) groups is 1. The summed E-state index contributed by atoms with van der Waals surface area (Å²) in [5.74, 6) is 0.111. The second kappa shape index (κ2) is 7.10. The summed E-state index contributed by atoms with van der Waals surface area (Å²) >= 11 is 1.74. The van der Waals surface area contributed by atoms with E-state index in [1.165, 1.54) is 10.4 Å². The largest absolute Gasteiger partial charge is 0.379 e. The predicted octanol–water partition coefficient (Wildman–Crippen LogP) is 2.30. The third-order valence-corrected chi connectivity index (χ3v) is 5.04. The Kier molecular flexibility index (Phi) is 4.93. The summed E-state index contributed by atoms with van der Waals surface area (Å²) in [6, 6.07) is 8.38. The number of nitrogens with zero attached hydrogens (tertiary/aromatic N) is 2. The Hall–Kier alpha value is -1.92. The van der Waals surface area contributed by atoms with Crippen LogP contribution in [0.25, 0.3) is 0 Å². The van der Waals surface area contributed by atoms with Crippen LogP contribution in [0, 0.1) is 13.8 Å². The third-order valence-electron chi connectivity index (χ3n) is 3.97. The molecule has 0 unspecified atom stereocenters. The fraction of sp³-hybridized carbons (Fsp3) is 0.412. The molecule has 0 saturated carbocycles. The van der Waals surface area contributed by atoms with Crippen LogP contribution < -0.4 is 10.6 Å². The number of aromatic nitrogens is 1. The molecule has 5 nitrogen and oxygen atoms in total. The molecule has 1 aromatic carbocycles. The van der Waals surface area contributed by atoms with Crippen molar-refractivity contribution < 1.29 is 4.79 Å². The van der Waals surface area contributed by atoms with Crippen LogP contribution >= 0.6 is 11.3 Å². The quantitative estimate of drug-likeness (QED) is 0.883. The summed E-state index contributed by atoms with van der Waals surface area (Å²) in [5.41, 5.74) is 3.43. The normalized spacial score (nSPS) is 15.5. The zero-order valence-corrected chi connectivity index (χ0v) is 14.4. The molecule has 0 aliphatic carbocycles. The van der Waals surface area contributed by atoms with Crippen molar-refractivity contribution in [1.29, 1.82) is 0 Å². The number of hydrogen-bond donors (Lipinski definition) is 2. The average molecular weight is 330 g/mol. The minimum Gasteiger partial charge on any atom is -0.379 e.